The number of piperidine rings is 1. The lowest BCUT2D eigenvalue weighted by Gasteiger charge is -2.26. The summed E-state index contributed by atoms with van der Waals surface area (Å²) in [5.74, 6) is 1.58. The summed E-state index contributed by atoms with van der Waals surface area (Å²) >= 11 is 0. The first-order chi connectivity index (χ1) is 15.5. The minimum Gasteiger partial charge on any atom is -0.493 e. The van der Waals surface area contributed by atoms with Crippen LogP contribution in [0, 0.1) is 0 Å². The van der Waals surface area contributed by atoms with Gasteiger partial charge in [0, 0.05) is 52.2 Å². The summed E-state index contributed by atoms with van der Waals surface area (Å²) in [5, 5.41) is 13.9. The predicted molar refractivity (Wildman–Crippen MR) is 125 cm³/mol. The van der Waals surface area contributed by atoms with Crippen LogP contribution < -0.4 is 14.8 Å². The summed E-state index contributed by atoms with van der Waals surface area (Å²) in [6, 6.07) is 5.87. The van der Waals surface area contributed by atoms with Crippen LogP contribution in [0.25, 0.3) is 0 Å². The zero-order chi connectivity index (χ0) is 22.8. The normalized spacial score (nSPS) is 19.6. The standard InChI is InChI=1S/C24H40N4O4/c1-26-10-5-11-27(15-14-26)18-21(29)19-32-23-16-20(7-8-22(23)31-2)17-25-9-13-28-12-4-3-6-24(28)30/h7-8,16,21,25,29H,3-6,9-15,17-19H2,1-2H3. The van der Waals surface area contributed by atoms with E-state index in [0.29, 0.717) is 31.0 Å². The minimum atomic E-state index is -0.549. The Kier molecular flexibility index (Phi) is 10.1. The Morgan fingerprint density at radius 2 is 1.97 bits per heavy atom. The Morgan fingerprint density at radius 3 is 2.78 bits per heavy atom. The first-order valence-electron chi connectivity index (χ1n) is 11.9. The van der Waals surface area contributed by atoms with Crippen LogP contribution >= 0.6 is 0 Å². The molecule has 0 spiro atoms. The highest BCUT2D eigenvalue weighted by molar-refractivity contribution is 5.76. The van der Waals surface area contributed by atoms with Crippen molar-refractivity contribution in [3.8, 4) is 11.5 Å². The van der Waals surface area contributed by atoms with Crippen molar-refractivity contribution in [2.24, 2.45) is 0 Å². The number of β-amino-alcohol motifs (C(OH)–C–C–N with tert-alkyl or cyclic N) is 1. The van der Waals surface area contributed by atoms with E-state index in [9.17, 15) is 9.90 Å². The third kappa shape index (κ3) is 7.92. The second-order valence-electron chi connectivity index (χ2n) is 8.92. The third-order valence-corrected chi connectivity index (χ3v) is 6.25. The molecule has 0 bridgehead atoms. The second-order valence-corrected chi connectivity index (χ2v) is 8.92. The van der Waals surface area contributed by atoms with Crippen LogP contribution in [-0.4, -0.2) is 105 Å². The van der Waals surface area contributed by atoms with Crippen molar-refractivity contribution in [3.05, 3.63) is 23.8 Å². The maximum Gasteiger partial charge on any atom is 0.222 e. The maximum atomic E-state index is 11.9. The average Bonchev–Trinajstić information content (AvgIpc) is 3.00. The van der Waals surface area contributed by atoms with Crippen molar-refractivity contribution in [3.63, 3.8) is 0 Å². The number of carbonyl (C=O) groups excluding carboxylic acids is 1. The summed E-state index contributed by atoms with van der Waals surface area (Å²) in [4.78, 5) is 18.5. The highest BCUT2D eigenvalue weighted by atomic mass is 16.5. The summed E-state index contributed by atoms with van der Waals surface area (Å²) in [5.41, 5.74) is 1.08. The molecule has 1 aromatic carbocycles. The Bertz CT molecular complexity index is 717. The van der Waals surface area contributed by atoms with Gasteiger partial charge in [-0.25, -0.2) is 0 Å². The fraction of sp³-hybridized carbons (Fsp3) is 0.708. The van der Waals surface area contributed by atoms with Crippen molar-refractivity contribution in [1.29, 1.82) is 0 Å². The number of nitrogens with one attached hydrogen (secondary N) is 1. The lowest BCUT2D eigenvalue weighted by atomic mass is 10.1. The van der Waals surface area contributed by atoms with Crippen LogP contribution in [-0.2, 0) is 11.3 Å². The fourth-order valence-electron chi connectivity index (χ4n) is 4.31. The van der Waals surface area contributed by atoms with E-state index in [1.807, 2.05) is 23.1 Å². The summed E-state index contributed by atoms with van der Waals surface area (Å²) in [6.45, 7) is 8.04. The van der Waals surface area contributed by atoms with Gasteiger partial charge < -0.3 is 29.7 Å². The van der Waals surface area contributed by atoms with Crippen molar-refractivity contribution < 1.29 is 19.4 Å². The third-order valence-electron chi connectivity index (χ3n) is 6.25. The number of rotatable bonds is 11. The number of likely N-dealkylation sites (tertiary alicyclic amines) is 1. The number of aliphatic hydroxyl groups is 1. The van der Waals surface area contributed by atoms with E-state index in [-0.39, 0.29) is 12.5 Å². The molecule has 180 valence electrons. The van der Waals surface area contributed by atoms with Gasteiger partial charge in [0.25, 0.3) is 0 Å². The van der Waals surface area contributed by atoms with Crippen LogP contribution in [0.2, 0.25) is 0 Å². The van der Waals surface area contributed by atoms with Crippen LogP contribution in [0.4, 0.5) is 0 Å². The van der Waals surface area contributed by atoms with Crippen LogP contribution in [0.5, 0.6) is 11.5 Å². The Labute approximate surface area is 192 Å². The van der Waals surface area contributed by atoms with Gasteiger partial charge in [0.05, 0.1) is 7.11 Å². The molecule has 0 radical (unpaired) electrons. The van der Waals surface area contributed by atoms with Gasteiger partial charge in [-0.1, -0.05) is 6.07 Å². The SMILES string of the molecule is COc1ccc(CNCCN2CCCCC2=O)cc1OCC(O)CN1CCCN(C)CC1. The number of methoxy groups -OCH3 is 1. The van der Waals surface area contributed by atoms with E-state index in [1.54, 1.807) is 7.11 Å². The summed E-state index contributed by atoms with van der Waals surface area (Å²) in [6.07, 6.45) is 3.37. The van der Waals surface area contributed by atoms with Gasteiger partial charge in [0.1, 0.15) is 12.7 Å². The predicted octanol–water partition coefficient (Wildman–Crippen LogP) is 1.17. The molecule has 1 atom stereocenters. The smallest absolute Gasteiger partial charge is 0.222 e. The monoisotopic (exact) mass is 448 g/mol. The van der Waals surface area contributed by atoms with E-state index in [0.717, 1.165) is 70.6 Å². The van der Waals surface area contributed by atoms with E-state index < -0.39 is 6.10 Å². The number of aliphatic hydroxyl groups excluding tert-OH is 1. The maximum absolute atomic E-state index is 11.9. The number of likely N-dealkylation sites (N-methyl/N-ethyl adjacent to an activating group) is 1. The Hall–Kier alpha value is -1.87. The summed E-state index contributed by atoms with van der Waals surface area (Å²) in [7, 11) is 3.77. The molecule has 1 aromatic rings. The molecule has 0 saturated carbocycles. The number of amides is 1. The van der Waals surface area contributed by atoms with Gasteiger partial charge in [-0.2, -0.15) is 0 Å². The molecule has 8 nitrogen and oxygen atoms in total. The van der Waals surface area contributed by atoms with Crippen LogP contribution in [0.1, 0.15) is 31.2 Å². The molecule has 0 aromatic heterocycles. The van der Waals surface area contributed by atoms with E-state index >= 15 is 0 Å². The molecule has 0 aliphatic carbocycles. The minimum absolute atomic E-state index is 0.233. The van der Waals surface area contributed by atoms with Gasteiger partial charge >= 0.3 is 0 Å². The van der Waals surface area contributed by atoms with Gasteiger partial charge in [-0.05, 0) is 57.1 Å². The molecule has 2 heterocycles. The first kappa shape index (κ1) is 24.8. The van der Waals surface area contributed by atoms with Crippen LogP contribution in [0.3, 0.4) is 0 Å². The second kappa shape index (κ2) is 13.0. The largest absolute Gasteiger partial charge is 0.493 e. The molecule has 2 saturated heterocycles. The van der Waals surface area contributed by atoms with Crippen LogP contribution in [0.15, 0.2) is 18.2 Å². The lowest BCUT2D eigenvalue weighted by Crippen LogP contribution is -2.39. The summed E-state index contributed by atoms with van der Waals surface area (Å²) < 4.78 is 11.4. The Morgan fingerprint density at radius 1 is 1.09 bits per heavy atom. The van der Waals surface area contributed by atoms with E-state index in [1.165, 1.54) is 0 Å². The van der Waals surface area contributed by atoms with Gasteiger partial charge in [0.15, 0.2) is 11.5 Å². The van der Waals surface area contributed by atoms with Gasteiger partial charge in [0.2, 0.25) is 5.91 Å². The van der Waals surface area contributed by atoms with E-state index in [4.69, 9.17) is 9.47 Å². The Balaban J connectivity index is 1.43. The lowest BCUT2D eigenvalue weighted by molar-refractivity contribution is -0.133. The molecule has 1 unspecified atom stereocenters. The molecule has 3 rings (SSSR count). The fourth-order valence-corrected chi connectivity index (χ4v) is 4.31. The number of nitrogens with zero attached hydrogens (tertiary/aromatic N) is 3. The zero-order valence-electron chi connectivity index (χ0n) is 19.7. The highest BCUT2D eigenvalue weighted by Gasteiger charge is 2.18. The highest BCUT2D eigenvalue weighted by Crippen LogP contribution is 2.28. The van der Waals surface area contributed by atoms with Crippen molar-refractivity contribution in [2.45, 2.75) is 38.3 Å². The van der Waals surface area contributed by atoms with Crippen molar-refractivity contribution in [2.75, 3.05) is 73.1 Å². The number of hydrogen-bond donors (Lipinski definition) is 2. The number of ether oxygens (including phenoxy) is 2. The number of benzene rings is 1. The topological polar surface area (TPSA) is 77.5 Å². The molecule has 32 heavy (non-hydrogen) atoms. The average molecular weight is 449 g/mol. The van der Waals surface area contributed by atoms with Gasteiger partial charge in [-0.15, -0.1) is 0 Å². The molecule has 2 aliphatic heterocycles. The van der Waals surface area contributed by atoms with Crippen molar-refractivity contribution in [1.82, 2.24) is 20.0 Å². The molecular formula is C24H40N4O4. The number of carbonyl (C=O) groups is 1. The first-order valence-corrected chi connectivity index (χ1v) is 11.9. The number of hydrogen-bond acceptors (Lipinski definition) is 7. The quantitative estimate of drug-likeness (QED) is 0.492. The molecule has 2 N–H and O–H groups in total. The van der Waals surface area contributed by atoms with E-state index in [2.05, 4.69) is 22.2 Å². The van der Waals surface area contributed by atoms with Gasteiger partial charge in [-0.3, -0.25) is 9.69 Å². The molecule has 2 aliphatic rings. The zero-order valence-corrected chi connectivity index (χ0v) is 19.7. The molecule has 1 amide bonds. The van der Waals surface area contributed by atoms with Crippen molar-refractivity contribution >= 4 is 5.91 Å². The molecule has 2 fully saturated rings. The molecular weight excluding hydrogens is 408 g/mol. The molecule has 8 heteroatoms.